The SMILES string of the molecule is COc1cc(S(=O)(=O)O)cc2ccc(N=Nc3sc(N=Nc4cc(OCCCS(=O)(=O)O)c(N=Nc5c(C)c(C#N)c6nc7ccccc7n6c5O)cc4C)c(C(N)=O)c3-c3ccccc3)cc12. The highest BCUT2D eigenvalue weighted by molar-refractivity contribution is 7.86. The van der Waals surface area contributed by atoms with E-state index < -0.39 is 31.9 Å². The van der Waals surface area contributed by atoms with Gasteiger partial charge in [0.05, 0.1) is 52.3 Å². The number of fused-ring (bicyclic) bond motifs is 4. The molecule has 3 aromatic heterocycles. The largest absolute Gasteiger partial charge is 0.496 e. The van der Waals surface area contributed by atoms with E-state index in [-0.39, 0.29) is 79.1 Å². The van der Waals surface area contributed by atoms with Crippen LogP contribution in [-0.2, 0) is 20.2 Å². The molecule has 23 heteroatoms. The zero-order chi connectivity index (χ0) is 48.5. The van der Waals surface area contributed by atoms with E-state index in [2.05, 4.69) is 41.7 Å². The van der Waals surface area contributed by atoms with Gasteiger partial charge in [0.25, 0.3) is 26.1 Å². The van der Waals surface area contributed by atoms with Crippen molar-refractivity contribution >= 4 is 97.7 Å². The fourth-order valence-corrected chi connectivity index (χ4v) is 9.22. The average Bonchev–Trinajstić information content (AvgIpc) is 3.88. The summed E-state index contributed by atoms with van der Waals surface area (Å²) in [6.45, 7) is 3.09. The highest BCUT2D eigenvalue weighted by atomic mass is 32.2. The lowest BCUT2D eigenvalue weighted by Crippen LogP contribution is -2.11. The standard InChI is InChI=1S/C45H36N10O10S3/c1-24-18-34(51-52-40-25(2)31(23-46)42-48-32-12-7-8-13-35(32)55(42)45(40)57)37(65-16-9-17-67(58,59)60)22-33(24)50-54-44-39(41(47)56)38(26-10-5-4-6-11-26)43(66-44)53-49-28-15-14-27-19-29(68(61,62)63)21-36(64-3)30(27)20-28/h4-8,10-15,18-22,57H,9,16-17H2,1-3H3,(H2,47,56)(H,58,59,60)(H,61,62,63). The topological polar surface area (TPSA) is 306 Å². The molecule has 0 aliphatic carbocycles. The van der Waals surface area contributed by atoms with Gasteiger partial charge < -0.3 is 20.3 Å². The fourth-order valence-electron chi connectivity index (χ4n) is 7.23. The number of benzene rings is 5. The molecule has 0 unspecified atom stereocenters. The van der Waals surface area contributed by atoms with E-state index in [4.69, 9.17) is 15.2 Å². The summed E-state index contributed by atoms with van der Waals surface area (Å²) in [6.07, 6.45) is -0.103. The van der Waals surface area contributed by atoms with Crippen LogP contribution < -0.4 is 15.2 Å². The lowest BCUT2D eigenvalue weighted by atomic mass is 10.0. The minimum absolute atomic E-state index is 0.00358. The van der Waals surface area contributed by atoms with Crippen LogP contribution >= 0.6 is 11.3 Å². The maximum Gasteiger partial charge on any atom is 0.294 e. The molecule has 20 nitrogen and oxygen atoms in total. The Morgan fingerprint density at radius 1 is 0.853 bits per heavy atom. The van der Waals surface area contributed by atoms with Crippen molar-refractivity contribution in [3.05, 3.63) is 119 Å². The van der Waals surface area contributed by atoms with Crippen molar-refractivity contribution < 1.29 is 45.3 Å². The van der Waals surface area contributed by atoms with Crippen LogP contribution in [0.15, 0.2) is 133 Å². The van der Waals surface area contributed by atoms with Crippen molar-refractivity contribution in [1.29, 1.82) is 5.26 Å². The summed E-state index contributed by atoms with van der Waals surface area (Å²) in [6, 6.07) is 28.2. The Kier molecular flexibility index (Phi) is 12.8. The maximum absolute atomic E-state index is 13.2. The van der Waals surface area contributed by atoms with Gasteiger partial charge in [0.2, 0.25) is 5.88 Å². The van der Waals surface area contributed by atoms with E-state index in [9.17, 15) is 41.1 Å². The Labute approximate surface area is 390 Å². The second kappa shape index (κ2) is 18.7. The molecule has 0 radical (unpaired) electrons. The second-order valence-corrected chi connectivity index (χ2v) is 18.9. The lowest BCUT2D eigenvalue weighted by molar-refractivity contribution is 0.100. The predicted molar refractivity (Wildman–Crippen MR) is 253 cm³/mol. The van der Waals surface area contributed by atoms with Crippen molar-refractivity contribution in [2.45, 2.75) is 25.2 Å². The number of nitrogens with zero attached hydrogens (tertiary/aromatic N) is 9. The number of primary amides is 1. The second-order valence-electron chi connectivity index (χ2n) is 14.9. The average molecular weight is 973 g/mol. The Morgan fingerprint density at radius 2 is 1.57 bits per heavy atom. The summed E-state index contributed by atoms with van der Waals surface area (Å²) in [5.74, 6) is -1.53. The monoisotopic (exact) mass is 972 g/mol. The van der Waals surface area contributed by atoms with Gasteiger partial charge in [-0.2, -0.15) is 22.1 Å². The van der Waals surface area contributed by atoms with Crippen LogP contribution in [0.5, 0.6) is 17.4 Å². The molecule has 0 saturated carbocycles. The number of para-hydroxylation sites is 2. The smallest absolute Gasteiger partial charge is 0.294 e. The van der Waals surface area contributed by atoms with Gasteiger partial charge in [-0.15, -0.1) is 30.7 Å². The maximum atomic E-state index is 13.2. The molecule has 0 fully saturated rings. The van der Waals surface area contributed by atoms with Crippen LogP contribution in [0.25, 0.3) is 38.6 Å². The van der Waals surface area contributed by atoms with Crippen molar-refractivity contribution in [1.82, 2.24) is 9.38 Å². The fraction of sp³-hybridized carbons (Fsp3) is 0.133. The van der Waals surface area contributed by atoms with E-state index in [1.54, 1.807) is 92.7 Å². The number of aromatic nitrogens is 2. The van der Waals surface area contributed by atoms with Crippen molar-refractivity contribution in [3.8, 4) is 34.6 Å². The van der Waals surface area contributed by atoms with Gasteiger partial charge >= 0.3 is 0 Å². The first-order chi connectivity index (χ1) is 32.4. The highest BCUT2D eigenvalue weighted by Crippen LogP contribution is 2.49. The summed E-state index contributed by atoms with van der Waals surface area (Å²) in [5.41, 5.74) is 9.81. The Balaban J connectivity index is 1.19. The molecular weight excluding hydrogens is 937 g/mol. The number of imidazole rings is 1. The number of ether oxygens (including phenoxy) is 2. The molecular formula is C45H36N10O10S3. The summed E-state index contributed by atoms with van der Waals surface area (Å²) in [4.78, 5) is 17.4. The van der Waals surface area contributed by atoms with Crippen LogP contribution in [0.3, 0.4) is 0 Å². The first-order valence-corrected chi connectivity index (χ1v) is 23.9. The van der Waals surface area contributed by atoms with E-state index in [0.29, 0.717) is 49.7 Å². The van der Waals surface area contributed by atoms with Crippen LogP contribution in [0.2, 0.25) is 0 Å². The molecule has 68 heavy (non-hydrogen) atoms. The third kappa shape index (κ3) is 9.47. The highest BCUT2D eigenvalue weighted by Gasteiger charge is 2.25. The third-order valence-electron chi connectivity index (χ3n) is 10.5. The number of hydrogen-bond donors (Lipinski definition) is 4. The molecule has 0 aliphatic rings. The number of carbonyl (C=O) groups excluding carboxylic acids is 1. The molecule has 8 rings (SSSR count). The molecule has 8 aromatic rings. The molecule has 0 spiro atoms. The van der Waals surface area contributed by atoms with Gasteiger partial charge in [0, 0.05) is 28.6 Å². The van der Waals surface area contributed by atoms with Gasteiger partial charge in [-0.1, -0.05) is 59.9 Å². The van der Waals surface area contributed by atoms with Gasteiger partial charge in [-0.05, 0) is 73.2 Å². The van der Waals surface area contributed by atoms with Crippen LogP contribution in [0, 0.1) is 25.2 Å². The number of thiophene rings is 1. The van der Waals surface area contributed by atoms with Gasteiger partial charge in [0.1, 0.15) is 33.8 Å². The number of nitriles is 1. The molecule has 3 heterocycles. The number of amides is 1. The normalized spacial score (nSPS) is 12.3. The first-order valence-electron chi connectivity index (χ1n) is 20.1. The molecule has 0 aliphatic heterocycles. The van der Waals surface area contributed by atoms with Crippen molar-refractivity contribution in [3.63, 3.8) is 0 Å². The number of aryl methyl sites for hydroxylation is 1. The number of nitrogens with two attached hydrogens (primary N) is 1. The Hall–Kier alpha value is -8.01. The number of carbonyl (C=O) groups is 1. The summed E-state index contributed by atoms with van der Waals surface area (Å²) in [5, 5.41) is 49.5. The van der Waals surface area contributed by atoms with E-state index >= 15 is 0 Å². The molecule has 0 atom stereocenters. The Bertz CT molecular complexity index is 3720. The zero-order valence-electron chi connectivity index (χ0n) is 35.9. The van der Waals surface area contributed by atoms with E-state index in [1.165, 1.54) is 29.7 Å². The predicted octanol–water partition coefficient (Wildman–Crippen LogP) is 10.8. The molecule has 1 amide bonds. The quantitative estimate of drug-likeness (QED) is 0.0423. The zero-order valence-corrected chi connectivity index (χ0v) is 38.3. The van der Waals surface area contributed by atoms with Gasteiger partial charge in [-0.3, -0.25) is 18.3 Å². The third-order valence-corrected chi connectivity index (χ3v) is 13.1. The number of aromatic hydroxyl groups is 1. The molecule has 5 N–H and O–H groups in total. The minimum atomic E-state index is -4.52. The summed E-state index contributed by atoms with van der Waals surface area (Å²) >= 11 is 0.970. The molecule has 0 saturated heterocycles. The lowest BCUT2D eigenvalue weighted by Gasteiger charge is -2.12. The number of pyridine rings is 1. The number of azo groups is 3. The molecule has 344 valence electrons. The van der Waals surface area contributed by atoms with Crippen LogP contribution in [0.1, 0.15) is 33.5 Å². The van der Waals surface area contributed by atoms with Gasteiger partial charge in [-0.25, -0.2) is 4.98 Å². The molecule has 5 aromatic carbocycles. The Morgan fingerprint density at radius 3 is 2.28 bits per heavy atom. The van der Waals surface area contributed by atoms with Gasteiger partial charge in [0.15, 0.2) is 16.3 Å². The van der Waals surface area contributed by atoms with Crippen molar-refractivity contribution in [2.24, 2.45) is 36.4 Å². The summed E-state index contributed by atoms with van der Waals surface area (Å²) in [7, 11) is -7.47. The van der Waals surface area contributed by atoms with Crippen LogP contribution in [0.4, 0.5) is 32.8 Å². The van der Waals surface area contributed by atoms with Crippen molar-refractivity contribution in [2.75, 3.05) is 19.5 Å². The van der Waals surface area contributed by atoms with E-state index in [1.807, 2.05) is 0 Å². The number of hydrogen-bond acceptors (Lipinski definition) is 17. The van der Waals surface area contributed by atoms with E-state index in [0.717, 1.165) is 11.3 Å². The van der Waals surface area contributed by atoms with Crippen LogP contribution in [-0.4, -0.2) is 65.8 Å². The molecule has 0 bridgehead atoms. The minimum Gasteiger partial charge on any atom is -0.496 e. The number of methoxy groups -OCH3 is 1. The number of rotatable bonds is 15. The first kappa shape index (κ1) is 46.5. The summed E-state index contributed by atoms with van der Waals surface area (Å²) < 4.78 is 78.4.